The molecule has 0 aliphatic rings. The standard InChI is InChI=1S/C16H11NO4S/c17-11-15(22(20,21)14-4-2-1-3-5-14)10-12-6-8-13(9-7-12)16(18)19/h1-10H,(H,18,19)/p-1. The number of allylic oxidation sites excluding steroid dienone is 1. The lowest BCUT2D eigenvalue weighted by atomic mass is 10.1. The molecule has 22 heavy (non-hydrogen) atoms. The Balaban J connectivity index is 2.44. The normalized spacial score (nSPS) is 11.7. The zero-order valence-corrected chi connectivity index (χ0v) is 12.1. The lowest BCUT2D eigenvalue weighted by Crippen LogP contribution is -2.21. The van der Waals surface area contributed by atoms with Crippen molar-refractivity contribution >= 4 is 21.9 Å². The van der Waals surface area contributed by atoms with Crippen LogP contribution in [0.2, 0.25) is 0 Å². The van der Waals surface area contributed by atoms with Crippen LogP contribution in [0.1, 0.15) is 15.9 Å². The van der Waals surface area contributed by atoms with Crippen LogP contribution in [0.5, 0.6) is 0 Å². The smallest absolute Gasteiger partial charge is 0.216 e. The summed E-state index contributed by atoms with van der Waals surface area (Å²) < 4.78 is 24.7. The maximum Gasteiger partial charge on any atom is 0.216 e. The SMILES string of the molecule is N#CC(=Cc1ccc(C(=O)[O-])cc1)S(=O)(=O)c1ccccc1. The molecular weight excluding hydrogens is 302 g/mol. The molecule has 0 aromatic heterocycles. The van der Waals surface area contributed by atoms with E-state index < -0.39 is 20.7 Å². The Kier molecular flexibility index (Phi) is 4.39. The van der Waals surface area contributed by atoms with E-state index in [-0.39, 0.29) is 10.5 Å². The van der Waals surface area contributed by atoms with Crippen LogP contribution in [-0.4, -0.2) is 14.4 Å². The molecule has 0 aliphatic carbocycles. The van der Waals surface area contributed by atoms with E-state index in [1.807, 2.05) is 0 Å². The Labute approximate surface area is 127 Å². The summed E-state index contributed by atoms with van der Waals surface area (Å²) in [6, 6.07) is 14.7. The van der Waals surface area contributed by atoms with E-state index in [0.29, 0.717) is 5.56 Å². The van der Waals surface area contributed by atoms with Gasteiger partial charge in [-0.15, -0.1) is 0 Å². The fourth-order valence-corrected chi connectivity index (χ4v) is 2.94. The molecule has 0 radical (unpaired) electrons. The Morgan fingerprint density at radius 2 is 1.64 bits per heavy atom. The van der Waals surface area contributed by atoms with E-state index in [2.05, 4.69) is 0 Å². The Hall–Kier alpha value is -2.91. The minimum absolute atomic E-state index is 0.0224. The van der Waals surface area contributed by atoms with Gasteiger partial charge in [0, 0.05) is 0 Å². The molecule has 0 heterocycles. The quantitative estimate of drug-likeness (QED) is 0.794. The van der Waals surface area contributed by atoms with E-state index in [4.69, 9.17) is 5.26 Å². The Bertz CT molecular complexity index is 861. The fraction of sp³-hybridized carbons (Fsp3) is 0. The van der Waals surface area contributed by atoms with Crippen molar-refractivity contribution in [2.45, 2.75) is 4.90 Å². The van der Waals surface area contributed by atoms with Crippen LogP contribution < -0.4 is 5.11 Å². The summed E-state index contributed by atoms with van der Waals surface area (Å²) in [7, 11) is -3.90. The van der Waals surface area contributed by atoms with Gasteiger partial charge in [-0.25, -0.2) is 8.42 Å². The van der Waals surface area contributed by atoms with Crippen molar-refractivity contribution in [3.05, 3.63) is 70.6 Å². The minimum atomic E-state index is -3.90. The van der Waals surface area contributed by atoms with E-state index in [1.54, 1.807) is 24.3 Å². The number of hydrogen-bond acceptors (Lipinski definition) is 5. The first-order valence-corrected chi connectivity index (χ1v) is 7.67. The molecule has 0 bridgehead atoms. The number of hydrogen-bond donors (Lipinski definition) is 0. The molecule has 0 aliphatic heterocycles. The van der Waals surface area contributed by atoms with Crippen LogP contribution in [0.3, 0.4) is 0 Å². The molecule has 5 nitrogen and oxygen atoms in total. The van der Waals surface area contributed by atoms with Gasteiger partial charge in [0.1, 0.15) is 11.0 Å². The predicted octanol–water partition coefficient (Wildman–Crippen LogP) is 1.39. The van der Waals surface area contributed by atoms with Crippen molar-refractivity contribution in [2.24, 2.45) is 0 Å². The maximum absolute atomic E-state index is 12.3. The number of carboxylic acids is 1. The zero-order valence-electron chi connectivity index (χ0n) is 11.3. The van der Waals surface area contributed by atoms with Crippen LogP contribution >= 0.6 is 0 Å². The summed E-state index contributed by atoms with van der Waals surface area (Å²) in [5.41, 5.74) is 0.377. The van der Waals surface area contributed by atoms with Crippen molar-refractivity contribution in [1.29, 1.82) is 5.26 Å². The first-order chi connectivity index (χ1) is 10.4. The highest BCUT2D eigenvalue weighted by Gasteiger charge is 2.20. The summed E-state index contributed by atoms with van der Waals surface area (Å²) in [6.07, 6.45) is 1.20. The van der Waals surface area contributed by atoms with Crippen molar-refractivity contribution < 1.29 is 18.3 Å². The van der Waals surface area contributed by atoms with Gasteiger partial charge in [0.2, 0.25) is 9.84 Å². The highest BCUT2D eigenvalue weighted by atomic mass is 32.2. The van der Waals surface area contributed by atoms with Gasteiger partial charge in [0.25, 0.3) is 0 Å². The van der Waals surface area contributed by atoms with E-state index >= 15 is 0 Å². The molecule has 0 N–H and O–H groups in total. The second-order valence-corrected chi connectivity index (χ2v) is 6.26. The third-order valence-electron chi connectivity index (χ3n) is 2.90. The molecule has 0 spiro atoms. The maximum atomic E-state index is 12.3. The van der Waals surface area contributed by atoms with Crippen LogP contribution in [0.4, 0.5) is 0 Å². The molecule has 0 saturated heterocycles. The number of sulfone groups is 1. The average molecular weight is 312 g/mol. The van der Waals surface area contributed by atoms with Crippen LogP contribution in [-0.2, 0) is 9.84 Å². The first-order valence-electron chi connectivity index (χ1n) is 6.18. The lowest BCUT2D eigenvalue weighted by Gasteiger charge is -2.04. The molecule has 110 valence electrons. The highest BCUT2D eigenvalue weighted by Crippen LogP contribution is 2.21. The van der Waals surface area contributed by atoms with Gasteiger partial charge in [-0.1, -0.05) is 42.5 Å². The largest absolute Gasteiger partial charge is 0.545 e. The lowest BCUT2D eigenvalue weighted by molar-refractivity contribution is -0.255. The molecule has 6 heteroatoms. The van der Waals surface area contributed by atoms with Crippen molar-refractivity contribution in [3.8, 4) is 6.07 Å². The van der Waals surface area contributed by atoms with Crippen molar-refractivity contribution in [2.75, 3.05) is 0 Å². The third kappa shape index (κ3) is 3.22. The van der Waals surface area contributed by atoms with E-state index in [0.717, 1.165) is 0 Å². The van der Waals surface area contributed by atoms with Gasteiger partial charge in [-0.05, 0) is 29.3 Å². The number of carboxylic acid groups (broad SMARTS) is 1. The Morgan fingerprint density at radius 3 is 2.14 bits per heavy atom. The molecule has 2 aromatic rings. The first kappa shape index (κ1) is 15.5. The number of nitrogens with zero attached hydrogens (tertiary/aromatic N) is 1. The number of benzene rings is 2. The van der Waals surface area contributed by atoms with Crippen LogP contribution in [0.25, 0.3) is 6.08 Å². The number of nitriles is 1. The molecular formula is C16H10NO4S-. The van der Waals surface area contributed by atoms with Crippen molar-refractivity contribution in [3.63, 3.8) is 0 Å². The molecule has 2 aromatic carbocycles. The van der Waals surface area contributed by atoms with Crippen LogP contribution in [0, 0.1) is 11.3 Å². The fourth-order valence-electron chi connectivity index (χ4n) is 1.76. The monoisotopic (exact) mass is 312 g/mol. The summed E-state index contributed by atoms with van der Waals surface area (Å²) in [5, 5.41) is 19.8. The van der Waals surface area contributed by atoms with E-state index in [9.17, 15) is 18.3 Å². The summed E-state index contributed by atoms with van der Waals surface area (Å²) >= 11 is 0. The second kappa shape index (κ2) is 6.24. The van der Waals surface area contributed by atoms with Gasteiger partial charge in [-0.2, -0.15) is 5.26 Å². The Morgan fingerprint density at radius 1 is 1.05 bits per heavy atom. The highest BCUT2D eigenvalue weighted by molar-refractivity contribution is 7.95. The van der Waals surface area contributed by atoms with Gasteiger partial charge in [0.15, 0.2) is 0 Å². The third-order valence-corrected chi connectivity index (χ3v) is 4.58. The molecule has 2 rings (SSSR count). The number of rotatable bonds is 4. The second-order valence-electron chi connectivity index (χ2n) is 4.35. The molecule has 0 unspecified atom stereocenters. The van der Waals surface area contributed by atoms with Gasteiger partial charge < -0.3 is 9.90 Å². The molecule has 0 atom stereocenters. The number of aromatic carboxylic acids is 1. The van der Waals surface area contributed by atoms with Crippen LogP contribution in [0.15, 0.2) is 64.4 Å². The van der Waals surface area contributed by atoms with Gasteiger partial charge >= 0.3 is 0 Å². The molecule has 0 fully saturated rings. The minimum Gasteiger partial charge on any atom is -0.545 e. The average Bonchev–Trinajstić information content (AvgIpc) is 2.53. The van der Waals surface area contributed by atoms with Crippen molar-refractivity contribution in [1.82, 2.24) is 0 Å². The predicted molar refractivity (Wildman–Crippen MR) is 78.0 cm³/mol. The summed E-state index contributed by atoms with van der Waals surface area (Å²) in [5.74, 6) is -1.33. The molecule has 0 amide bonds. The molecule has 0 saturated carbocycles. The van der Waals surface area contributed by atoms with Gasteiger partial charge in [-0.3, -0.25) is 0 Å². The number of carbonyl (C=O) groups excluding carboxylic acids is 1. The van der Waals surface area contributed by atoms with Gasteiger partial charge in [0.05, 0.1) is 10.9 Å². The summed E-state index contributed by atoms with van der Waals surface area (Å²) in [4.78, 5) is 10.3. The zero-order chi connectivity index (χ0) is 16.2. The number of carbonyl (C=O) groups is 1. The topological polar surface area (TPSA) is 98.1 Å². The summed E-state index contributed by atoms with van der Waals surface area (Å²) in [6.45, 7) is 0. The van der Waals surface area contributed by atoms with E-state index in [1.165, 1.54) is 42.5 Å².